The molecule has 0 radical (unpaired) electrons. The van der Waals surface area contributed by atoms with Crippen molar-refractivity contribution < 1.29 is 13.5 Å². The second-order valence-electron chi connectivity index (χ2n) is 4.57. The van der Waals surface area contributed by atoms with Crippen molar-refractivity contribution in [3.05, 3.63) is 15.8 Å². The number of aryl methyl sites for hydroxylation is 1. The van der Waals surface area contributed by atoms with Gasteiger partial charge in [-0.1, -0.05) is 13.8 Å². The monoisotopic (exact) mass is 320 g/mol. The van der Waals surface area contributed by atoms with E-state index >= 15 is 0 Å². The van der Waals surface area contributed by atoms with Gasteiger partial charge in [-0.25, -0.2) is 13.1 Å². The number of hydrogen-bond donors (Lipinski definition) is 2. The van der Waals surface area contributed by atoms with Crippen LogP contribution >= 0.6 is 11.3 Å². The Labute approximate surface area is 125 Å². The Morgan fingerprint density at radius 1 is 1.35 bits per heavy atom. The maximum Gasteiger partial charge on any atom is 0.241 e. The summed E-state index contributed by atoms with van der Waals surface area (Å²) in [6.07, 6.45) is 0.789. The molecule has 0 aliphatic rings. The summed E-state index contributed by atoms with van der Waals surface area (Å²) in [4.78, 5) is 3.93. The number of hydrogen-bond acceptors (Lipinski definition) is 5. The minimum Gasteiger partial charge on any atom is -0.391 e. The third-order valence-corrected chi connectivity index (χ3v) is 5.96. The first-order valence-corrected chi connectivity index (χ1v) is 9.16. The molecule has 116 valence electrons. The molecular weight excluding hydrogens is 296 g/mol. The highest BCUT2D eigenvalue weighted by molar-refractivity contribution is 7.89. The molecule has 1 aromatic heterocycles. The van der Waals surface area contributed by atoms with Crippen molar-refractivity contribution in [3.8, 4) is 0 Å². The normalized spacial score (nSPS) is 12.2. The quantitative estimate of drug-likeness (QED) is 0.678. The minimum absolute atomic E-state index is 0.122. The molecule has 0 amide bonds. The fourth-order valence-electron chi connectivity index (χ4n) is 2.00. The lowest BCUT2D eigenvalue weighted by Crippen LogP contribution is -2.30. The van der Waals surface area contributed by atoms with Crippen LogP contribution in [0, 0.1) is 6.92 Å². The molecule has 0 bridgehead atoms. The summed E-state index contributed by atoms with van der Waals surface area (Å²) >= 11 is 1.32. The van der Waals surface area contributed by atoms with Crippen molar-refractivity contribution in [1.29, 1.82) is 0 Å². The molecule has 0 fully saturated rings. The number of nitrogens with one attached hydrogen (secondary N) is 1. The van der Waals surface area contributed by atoms with Crippen molar-refractivity contribution in [3.63, 3.8) is 0 Å². The van der Waals surface area contributed by atoms with Crippen LogP contribution in [0.5, 0.6) is 0 Å². The Kier molecular flexibility index (Phi) is 7.11. The van der Waals surface area contributed by atoms with Gasteiger partial charge in [0.1, 0.15) is 0 Å². The highest BCUT2D eigenvalue weighted by Gasteiger charge is 2.19. The van der Waals surface area contributed by atoms with Crippen LogP contribution in [0.2, 0.25) is 0 Å². The lowest BCUT2D eigenvalue weighted by Gasteiger charge is -2.17. The first-order chi connectivity index (χ1) is 9.44. The van der Waals surface area contributed by atoms with E-state index in [0.29, 0.717) is 16.3 Å². The van der Waals surface area contributed by atoms with Gasteiger partial charge in [0.2, 0.25) is 10.0 Å². The maximum absolute atomic E-state index is 12.2. The van der Waals surface area contributed by atoms with Crippen molar-refractivity contribution in [2.75, 3.05) is 26.2 Å². The molecule has 0 saturated carbocycles. The second-order valence-corrected chi connectivity index (χ2v) is 7.65. The Balaban J connectivity index is 2.55. The van der Waals surface area contributed by atoms with E-state index in [0.717, 1.165) is 26.1 Å². The largest absolute Gasteiger partial charge is 0.391 e. The van der Waals surface area contributed by atoms with Gasteiger partial charge in [0.15, 0.2) is 0 Å². The van der Waals surface area contributed by atoms with E-state index in [1.54, 1.807) is 13.0 Å². The van der Waals surface area contributed by atoms with E-state index in [2.05, 4.69) is 23.5 Å². The van der Waals surface area contributed by atoms with Gasteiger partial charge < -0.3 is 10.0 Å². The highest BCUT2D eigenvalue weighted by atomic mass is 32.2. The number of rotatable bonds is 9. The molecule has 0 spiro atoms. The molecule has 0 unspecified atom stereocenters. The molecule has 7 heteroatoms. The molecular formula is C13H24N2O3S2. The SMILES string of the molecule is CCN(CC)CCCNS(=O)(=O)c1cc(CO)sc1C. The average molecular weight is 320 g/mol. The fraction of sp³-hybridized carbons (Fsp3) is 0.692. The summed E-state index contributed by atoms with van der Waals surface area (Å²) in [7, 11) is -3.46. The molecule has 20 heavy (non-hydrogen) atoms. The van der Waals surface area contributed by atoms with Crippen molar-refractivity contribution in [2.45, 2.75) is 38.7 Å². The van der Waals surface area contributed by atoms with Gasteiger partial charge in [0.25, 0.3) is 0 Å². The van der Waals surface area contributed by atoms with Gasteiger partial charge in [-0.3, -0.25) is 0 Å². The molecule has 0 aliphatic heterocycles. The number of thiophene rings is 1. The zero-order valence-corrected chi connectivity index (χ0v) is 14.0. The van der Waals surface area contributed by atoms with Crippen LogP contribution < -0.4 is 4.72 Å². The molecule has 1 heterocycles. The first kappa shape index (κ1) is 17.6. The van der Waals surface area contributed by atoms with Crippen molar-refractivity contribution in [1.82, 2.24) is 9.62 Å². The predicted molar refractivity (Wildman–Crippen MR) is 82.6 cm³/mol. The van der Waals surface area contributed by atoms with Gasteiger partial charge in [-0.05, 0) is 39.0 Å². The van der Waals surface area contributed by atoms with Gasteiger partial charge in [0.05, 0.1) is 11.5 Å². The number of sulfonamides is 1. The topological polar surface area (TPSA) is 69.6 Å². The Morgan fingerprint density at radius 3 is 2.50 bits per heavy atom. The molecule has 0 atom stereocenters. The van der Waals surface area contributed by atoms with E-state index in [1.807, 2.05) is 0 Å². The summed E-state index contributed by atoms with van der Waals surface area (Å²) in [5, 5.41) is 9.06. The Hall–Kier alpha value is -0.470. The maximum atomic E-state index is 12.2. The zero-order valence-electron chi connectivity index (χ0n) is 12.3. The van der Waals surface area contributed by atoms with Crippen LogP contribution in [0.1, 0.15) is 30.0 Å². The van der Waals surface area contributed by atoms with E-state index in [-0.39, 0.29) is 11.5 Å². The lowest BCUT2D eigenvalue weighted by molar-refractivity contribution is 0.285. The van der Waals surface area contributed by atoms with E-state index < -0.39 is 10.0 Å². The van der Waals surface area contributed by atoms with Crippen LogP contribution in [0.4, 0.5) is 0 Å². The lowest BCUT2D eigenvalue weighted by atomic mass is 10.4. The van der Waals surface area contributed by atoms with Gasteiger partial charge >= 0.3 is 0 Å². The van der Waals surface area contributed by atoms with Gasteiger partial charge in [0, 0.05) is 16.3 Å². The van der Waals surface area contributed by atoms with Gasteiger partial charge in [-0.15, -0.1) is 11.3 Å². The van der Waals surface area contributed by atoms with Crippen LogP contribution in [-0.2, 0) is 16.6 Å². The zero-order chi connectivity index (χ0) is 15.2. The fourth-order valence-corrected chi connectivity index (χ4v) is 4.56. The smallest absolute Gasteiger partial charge is 0.241 e. The standard InChI is InChI=1S/C13H24N2O3S2/c1-4-15(5-2)8-6-7-14-20(17,18)13-9-12(10-16)19-11(13)3/h9,14,16H,4-8,10H2,1-3H3. The van der Waals surface area contributed by atoms with Crippen LogP contribution in [0.15, 0.2) is 11.0 Å². The first-order valence-electron chi connectivity index (χ1n) is 6.86. The Bertz CT molecular complexity index is 508. The van der Waals surface area contributed by atoms with Gasteiger partial charge in [-0.2, -0.15) is 0 Å². The summed E-state index contributed by atoms with van der Waals surface area (Å²) in [5.41, 5.74) is 0. The predicted octanol–water partition coefficient (Wildman–Crippen LogP) is 1.56. The second kappa shape index (κ2) is 8.09. The molecule has 0 aliphatic carbocycles. The molecule has 1 rings (SSSR count). The van der Waals surface area contributed by atoms with Crippen LogP contribution in [0.25, 0.3) is 0 Å². The van der Waals surface area contributed by atoms with Crippen molar-refractivity contribution in [2.24, 2.45) is 0 Å². The summed E-state index contributed by atoms with van der Waals surface area (Å²) in [5.74, 6) is 0. The third-order valence-electron chi connectivity index (χ3n) is 3.21. The Morgan fingerprint density at radius 2 is 2.00 bits per heavy atom. The average Bonchev–Trinajstić information content (AvgIpc) is 2.81. The molecule has 0 saturated heterocycles. The number of aliphatic hydroxyl groups excluding tert-OH is 1. The molecule has 1 aromatic rings. The van der Waals surface area contributed by atoms with E-state index in [4.69, 9.17) is 5.11 Å². The number of aliphatic hydroxyl groups is 1. The van der Waals surface area contributed by atoms with E-state index in [1.165, 1.54) is 11.3 Å². The van der Waals surface area contributed by atoms with Crippen molar-refractivity contribution >= 4 is 21.4 Å². The molecule has 5 nitrogen and oxygen atoms in total. The summed E-state index contributed by atoms with van der Waals surface area (Å²) in [6, 6.07) is 1.55. The van der Waals surface area contributed by atoms with E-state index in [9.17, 15) is 8.42 Å². The molecule has 0 aromatic carbocycles. The minimum atomic E-state index is -3.46. The van der Waals surface area contributed by atoms with Crippen LogP contribution in [-0.4, -0.2) is 44.6 Å². The third kappa shape index (κ3) is 4.82. The molecule has 2 N–H and O–H groups in total. The summed E-state index contributed by atoms with van der Waals surface area (Å²) < 4.78 is 27.0. The number of nitrogens with zero attached hydrogens (tertiary/aromatic N) is 1. The highest BCUT2D eigenvalue weighted by Crippen LogP contribution is 2.25. The van der Waals surface area contributed by atoms with Crippen LogP contribution in [0.3, 0.4) is 0 Å². The summed E-state index contributed by atoms with van der Waals surface area (Å²) in [6.45, 7) is 9.11.